The summed E-state index contributed by atoms with van der Waals surface area (Å²) in [7, 11) is -4.03. The van der Waals surface area contributed by atoms with Gasteiger partial charge in [-0.3, -0.25) is 0 Å². The summed E-state index contributed by atoms with van der Waals surface area (Å²) >= 11 is 0. The van der Waals surface area contributed by atoms with Crippen molar-refractivity contribution in [1.29, 1.82) is 0 Å². The van der Waals surface area contributed by atoms with Crippen LogP contribution in [0, 0.1) is 0 Å². The van der Waals surface area contributed by atoms with E-state index in [4.69, 9.17) is 19.4 Å². The molecule has 65 heavy (non-hydrogen) atoms. The van der Waals surface area contributed by atoms with Crippen LogP contribution in [0.15, 0.2) is 227 Å². The van der Waals surface area contributed by atoms with Crippen LogP contribution in [0.4, 0.5) is 0 Å². The highest BCUT2D eigenvalue weighted by molar-refractivity contribution is 7.91. The van der Waals surface area contributed by atoms with Crippen molar-refractivity contribution in [2.45, 2.75) is 15.2 Å². The first-order valence-electron chi connectivity index (χ1n) is 21.6. The molecular weight excluding hydrogens is 819 g/mol. The van der Waals surface area contributed by atoms with Crippen LogP contribution in [0.3, 0.4) is 0 Å². The lowest BCUT2D eigenvalue weighted by Gasteiger charge is -2.42. The van der Waals surface area contributed by atoms with E-state index in [9.17, 15) is 0 Å². The maximum Gasteiger partial charge on any atom is 0.207 e. The van der Waals surface area contributed by atoms with E-state index in [1.54, 1.807) is 6.07 Å². The Morgan fingerprint density at radius 3 is 1.65 bits per heavy atom. The summed E-state index contributed by atoms with van der Waals surface area (Å²) in [6.45, 7) is 0. The van der Waals surface area contributed by atoms with Crippen LogP contribution < -0.4 is 0 Å². The van der Waals surface area contributed by atoms with Gasteiger partial charge in [-0.05, 0) is 92.0 Å². The molecule has 0 saturated heterocycles. The monoisotopic (exact) mass is 853 g/mol. The van der Waals surface area contributed by atoms with Crippen molar-refractivity contribution < 1.29 is 12.8 Å². The average Bonchev–Trinajstić information content (AvgIpc) is 3.70. The Labute approximate surface area is 375 Å². The number of para-hydroxylation sites is 1. The van der Waals surface area contributed by atoms with Crippen molar-refractivity contribution in [2.75, 3.05) is 0 Å². The van der Waals surface area contributed by atoms with Gasteiger partial charge in [0.25, 0.3) is 0 Å². The quantitative estimate of drug-likeness (QED) is 0.175. The van der Waals surface area contributed by atoms with Crippen LogP contribution in [0.2, 0.25) is 0 Å². The third-order valence-electron chi connectivity index (χ3n) is 13.2. The molecule has 6 nitrogen and oxygen atoms in total. The van der Waals surface area contributed by atoms with Gasteiger partial charge in [0, 0.05) is 27.5 Å². The average molecular weight is 854 g/mol. The lowest BCUT2D eigenvalue weighted by molar-refractivity contribution is 0.579. The van der Waals surface area contributed by atoms with E-state index in [0.717, 1.165) is 72.0 Å². The summed E-state index contributed by atoms with van der Waals surface area (Å²) in [5.41, 5.74) is 12.0. The van der Waals surface area contributed by atoms with Gasteiger partial charge in [0.15, 0.2) is 17.5 Å². The summed E-state index contributed by atoms with van der Waals surface area (Å²) in [5, 5.41) is 1.61. The fourth-order valence-corrected chi connectivity index (χ4v) is 12.1. The van der Waals surface area contributed by atoms with Gasteiger partial charge in [0.1, 0.15) is 11.2 Å². The fourth-order valence-electron chi connectivity index (χ4n) is 10.3. The molecule has 3 heterocycles. The predicted molar refractivity (Wildman–Crippen MR) is 257 cm³/mol. The van der Waals surface area contributed by atoms with Gasteiger partial charge >= 0.3 is 0 Å². The molecule has 306 valence electrons. The molecule has 11 aromatic rings. The highest BCUT2D eigenvalue weighted by Gasteiger charge is 2.52. The number of sulfone groups is 1. The fraction of sp³-hybridized carbons (Fsp3) is 0.0172. The molecule has 13 rings (SSSR count). The highest BCUT2D eigenvalue weighted by Crippen LogP contribution is 2.60. The summed E-state index contributed by atoms with van der Waals surface area (Å²) in [5.74, 6) is 1.58. The number of benzene rings is 9. The molecule has 0 amide bonds. The Morgan fingerprint density at radius 1 is 0.338 bits per heavy atom. The van der Waals surface area contributed by atoms with Crippen molar-refractivity contribution in [1.82, 2.24) is 15.0 Å². The second kappa shape index (κ2) is 14.1. The van der Waals surface area contributed by atoms with Crippen molar-refractivity contribution in [3.05, 3.63) is 235 Å². The minimum atomic E-state index is -4.03. The SMILES string of the molecule is O=S1(=O)c2ccccc2C2(c3ccccc3-c3ccccc3-c3ccc(-c4nc(-c5ccccc5)nc(-c5cccc(-c6ccccc6)c5)n4)cc32)c2cc3oc4ccccc4c3cc21. The highest BCUT2D eigenvalue weighted by atomic mass is 32.2. The third-order valence-corrected chi connectivity index (χ3v) is 15.0. The molecule has 0 fully saturated rings. The molecule has 1 aliphatic heterocycles. The minimum Gasteiger partial charge on any atom is -0.456 e. The zero-order valence-corrected chi connectivity index (χ0v) is 35.5. The molecular formula is C58H35N3O3S. The van der Waals surface area contributed by atoms with E-state index in [1.807, 2.05) is 115 Å². The molecule has 0 radical (unpaired) electrons. The molecule has 2 aromatic heterocycles. The Bertz CT molecular complexity index is 3860. The Balaban J connectivity index is 1.15. The molecule has 2 aliphatic rings. The minimum absolute atomic E-state index is 0.250. The Kier molecular flexibility index (Phi) is 8.11. The zero-order chi connectivity index (χ0) is 43.3. The molecule has 1 unspecified atom stereocenters. The van der Waals surface area contributed by atoms with Crippen LogP contribution >= 0.6 is 0 Å². The normalized spacial score (nSPS) is 15.4. The van der Waals surface area contributed by atoms with E-state index in [-0.39, 0.29) is 9.79 Å². The largest absolute Gasteiger partial charge is 0.456 e. The van der Waals surface area contributed by atoms with Gasteiger partial charge in [0.05, 0.1) is 15.2 Å². The first-order chi connectivity index (χ1) is 32.0. The number of hydrogen-bond donors (Lipinski definition) is 0. The van der Waals surface area contributed by atoms with Gasteiger partial charge in [0.2, 0.25) is 9.84 Å². The first kappa shape index (κ1) is 37.3. The Hall–Kier alpha value is -8.26. The maximum absolute atomic E-state index is 15.2. The van der Waals surface area contributed by atoms with Crippen LogP contribution in [0.5, 0.6) is 0 Å². The lowest BCUT2D eigenvalue weighted by atomic mass is 9.63. The van der Waals surface area contributed by atoms with Gasteiger partial charge in [-0.1, -0.05) is 176 Å². The summed E-state index contributed by atoms with van der Waals surface area (Å²) in [4.78, 5) is 16.1. The van der Waals surface area contributed by atoms with Crippen molar-refractivity contribution in [2.24, 2.45) is 0 Å². The molecule has 1 atom stereocenters. The van der Waals surface area contributed by atoms with E-state index in [2.05, 4.69) is 91.0 Å². The van der Waals surface area contributed by atoms with Gasteiger partial charge in [-0.25, -0.2) is 23.4 Å². The van der Waals surface area contributed by atoms with Crippen molar-refractivity contribution in [3.8, 4) is 67.5 Å². The number of furan rings is 1. The molecule has 0 saturated carbocycles. The number of hydrogen-bond acceptors (Lipinski definition) is 6. The van der Waals surface area contributed by atoms with Gasteiger partial charge < -0.3 is 4.42 Å². The Morgan fingerprint density at radius 2 is 0.892 bits per heavy atom. The predicted octanol–water partition coefficient (Wildman–Crippen LogP) is 13.6. The van der Waals surface area contributed by atoms with E-state index >= 15 is 8.42 Å². The van der Waals surface area contributed by atoms with Crippen molar-refractivity contribution in [3.63, 3.8) is 0 Å². The van der Waals surface area contributed by atoms with E-state index in [0.29, 0.717) is 39.8 Å². The molecule has 1 aliphatic carbocycles. The summed E-state index contributed by atoms with van der Waals surface area (Å²) in [6, 6.07) is 71.0. The summed E-state index contributed by atoms with van der Waals surface area (Å²) in [6.07, 6.45) is 0. The molecule has 1 spiro atoms. The molecule has 0 N–H and O–H groups in total. The van der Waals surface area contributed by atoms with Gasteiger partial charge in [-0.15, -0.1) is 0 Å². The smallest absolute Gasteiger partial charge is 0.207 e. The van der Waals surface area contributed by atoms with E-state index < -0.39 is 15.3 Å². The zero-order valence-electron chi connectivity index (χ0n) is 34.7. The summed E-state index contributed by atoms with van der Waals surface area (Å²) < 4.78 is 37.1. The van der Waals surface area contributed by atoms with E-state index in [1.165, 1.54) is 0 Å². The maximum atomic E-state index is 15.2. The number of rotatable bonds is 4. The standard InChI is InChI=1S/C58H35N3O3S/c62-65(63)53-29-14-12-27-48(53)58(50-35-52-46(34-54(50)65)45-25-10-13-28-51(45)64-52)47-26-11-9-24-43(47)41-22-7-8-23-42(41)44-31-30-40(33-49(44)58)57-60-55(37-18-5-2-6-19-37)59-56(61-57)39-21-15-20-38(32-39)36-16-3-1-4-17-36/h1-35H. The number of nitrogens with zero attached hydrogens (tertiary/aromatic N) is 3. The third kappa shape index (κ3) is 5.52. The molecule has 9 aromatic carbocycles. The van der Waals surface area contributed by atoms with Crippen LogP contribution in [0.25, 0.3) is 89.5 Å². The second-order valence-corrected chi connectivity index (χ2v) is 18.5. The van der Waals surface area contributed by atoms with Gasteiger partial charge in [-0.2, -0.15) is 0 Å². The first-order valence-corrected chi connectivity index (χ1v) is 23.1. The molecule has 7 heteroatoms. The number of fused-ring (bicyclic) bond motifs is 14. The van der Waals surface area contributed by atoms with Crippen molar-refractivity contribution >= 4 is 31.8 Å². The topological polar surface area (TPSA) is 86.0 Å². The lowest BCUT2D eigenvalue weighted by Crippen LogP contribution is -2.38. The van der Waals surface area contributed by atoms with Crippen LogP contribution in [-0.2, 0) is 15.3 Å². The van der Waals surface area contributed by atoms with Crippen LogP contribution in [0.1, 0.15) is 22.3 Å². The number of aromatic nitrogens is 3. The second-order valence-electron chi connectivity index (χ2n) is 16.7. The van der Waals surface area contributed by atoms with Crippen LogP contribution in [-0.4, -0.2) is 23.4 Å². The molecule has 0 bridgehead atoms.